The second-order valence-corrected chi connectivity index (χ2v) is 5.19. The van der Waals surface area contributed by atoms with E-state index in [9.17, 15) is 9.59 Å². The van der Waals surface area contributed by atoms with Crippen LogP contribution < -0.4 is 5.32 Å². The van der Waals surface area contributed by atoms with Gasteiger partial charge in [-0.15, -0.1) is 0 Å². The zero-order valence-electron chi connectivity index (χ0n) is 11.0. The van der Waals surface area contributed by atoms with Crippen LogP contribution >= 0.6 is 0 Å². The first-order valence-electron chi connectivity index (χ1n) is 6.79. The Bertz CT molecular complexity index is 313. The number of nitrogens with one attached hydrogen (secondary N) is 1. The standard InChI is InChI=1S/C13H22N2O3/c1-18-13(17)11-5-3-7-15(9-11)12(16)10-4-2-6-14-8-10/h10-11,14H,2-9H2,1H3. The molecule has 0 aliphatic carbocycles. The molecule has 2 heterocycles. The van der Waals surface area contributed by atoms with Crippen molar-refractivity contribution in [2.75, 3.05) is 33.3 Å². The predicted molar refractivity (Wildman–Crippen MR) is 66.9 cm³/mol. The maximum atomic E-state index is 12.3. The summed E-state index contributed by atoms with van der Waals surface area (Å²) in [6, 6.07) is 0. The fourth-order valence-electron chi connectivity index (χ4n) is 2.86. The first-order chi connectivity index (χ1) is 8.72. The number of amides is 1. The number of esters is 1. The van der Waals surface area contributed by atoms with Crippen molar-refractivity contribution in [1.29, 1.82) is 0 Å². The Balaban J connectivity index is 1.91. The molecule has 0 aromatic rings. The van der Waals surface area contributed by atoms with E-state index in [1.54, 1.807) is 0 Å². The SMILES string of the molecule is COC(=O)C1CCCN(C(=O)C2CCCNC2)C1. The van der Waals surface area contributed by atoms with Crippen molar-refractivity contribution < 1.29 is 14.3 Å². The quantitative estimate of drug-likeness (QED) is 0.725. The zero-order valence-corrected chi connectivity index (χ0v) is 11.0. The minimum Gasteiger partial charge on any atom is -0.469 e. The van der Waals surface area contributed by atoms with Gasteiger partial charge in [-0.2, -0.15) is 0 Å². The van der Waals surface area contributed by atoms with Crippen molar-refractivity contribution in [2.24, 2.45) is 11.8 Å². The molecule has 5 heteroatoms. The van der Waals surface area contributed by atoms with Crippen molar-refractivity contribution in [3.8, 4) is 0 Å². The number of ether oxygens (including phenoxy) is 1. The van der Waals surface area contributed by atoms with Crippen LogP contribution in [0.4, 0.5) is 0 Å². The van der Waals surface area contributed by atoms with Gasteiger partial charge in [-0.1, -0.05) is 0 Å². The number of methoxy groups -OCH3 is 1. The largest absolute Gasteiger partial charge is 0.469 e. The van der Waals surface area contributed by atoms with Crippen molar-refractivity contribution in [1.82, 2.24) is 10.2 Å². The van der Waals surface area contributed by atoms with Gasteiger partial charge >= 0.3 is 5.97 Å². The number of carbonyl (C=O) groups excluding carboxylic acids is 2. The van der Waals surface area contributed by atoms with Crippen LogP contribution in [-0.2, 0) is 14.3 Å². The molecule has 5 nitrogen and oxygen atoms in total. The van der Waals surface area contributed by atoms with E-state index in [0.29, 0.717) is 6.54 Å². The molecule has 2 aliphatic rings. The van der Waals surface area contributed by atoms with Crippen LogP contribution in [0.3, 0.4) is 0 Å². The van der Waals surface area contributed by atoms with Gasteiger partial charge in [0, 0.05) is 19.6 Å². The van der Waals surface area contributed by atoms with Gasteiger partial charge in [-0.05, 0) is 32.2 Å². The molecule has 102 valence electrons. The van der Waals surface area contributed by atoms with E-state index in [-0.39, 0.29) is 23.7 Å². The first kappa shape index (κ1) is 13.3. The summed E-state index contributed by atoms with van der Waals surface area (Å²) < 4.78 is 4.77. The van der Waals surface area contributed by atoms with Crippen LogP contribution in [0, 0.1) is 11.8 Å². The summed E-state index contributed by atoms with van der Waals surface area (Å²) in [5.74, 6) is -0.0236. The van der Waals surface area contributed by atoms with Crippen molar-refractivity contribution >= 4 is 11.9 Å². The molecule has 0 aromatic heterocycles. The number of rotatable bonds is 2. The molecular weight excluding hydrogens is 232 g/mol. The molecule has 2 atom stereocenters. The minimum atomic E-state index is -0.186. The Morgan fingerprint density at radius 1 is 1.22 bits per heavy atom. The van der Waals surface area contributed by atoms with Crippen LogP contribution in [0.15, 0.2) is 0 Å². The topological polar surface area (TPSA) is 58.6 Å². The number of nitrogens with zero attached hydrogens (tertiary/aromatic N) is 1. The van der Waals surface area contributed by atoms with Crippen LogP contribution in [-0.4, -0.2) is 50.1 Å². The summed E-state index contributed by atoms with van der Waals surface area (Å²) in [5.41, 5.74) is 0. The van der Waals surface area contributed by atoms with Crippen LogP contribution in [0.5, 0.6) is 0 Å². The molecule has 1 amide bonds. The third-order valence-corrected chi connectivity index (χ3v) is 3.91. The lowest BCUT2D eigenvalue weighted by molar-refractivity contribution is -0.149. The summed E-state index contributed by atoms with van der Waals surface area (Å²) in [5, 5.41) is 3.26. The fourth-order valence-corrected chi connectivity index (χ4v) is 2.86. The molecule has 0 aromatic carbocycles. The molecule has 1 N–H and O–H groups in total. The van der Waals surface area contributed by atoms with E-state index in [1.165, 1.54) is 7.11 Å². The maximum Gasteiger partial charge on any atom is 0.310 e. The van der Waals surface area contributed by atoms with E-state index in [1.807, 2.05) is 4.90 Å². The normalized spacial score (nSPS) is 28.8. The molecule has 2 unspecified atom stereocenters. The summed E-state index contributed by atoms with van der Waals surface area (Å²) >= 11 is 0. The Morgan fingerprint density at radius 3 is 2.67 bits per heavy atom. The van der Waals surface area contributed by atoms with Gasteiger partial charge in [-0.3, -0.25) is 9.59 Å². The highest BCUT2D eigenvalue weighted by molar-refractivity contribution is 5.80. The first-order valence-corrected chi connectivity index (χ1v) is 6.79. The van der Waals surface area contributed by atoms with Gasteiger partial charge < -0.3 is 15.0 Å². The van der Waals surface area contributed by atoms with Gasteiger partial charge in [0.1, 0.15) is 0 Å². The fraction of sp³-hybridized carbons (Fsp3) is 0.846. The Morgan fingerprint density at radius 2 is 2.00 bits per heavy atom. The average Bonchev–Trinajstić information content (AvgIpc) is 2.46. The van der Waals surface area contributed by atoms with Gasteiger partial charge in [0.05, 0.1) is 18.9 Å². The molecule has 0 bridgehead atoms. The van der Waals surface area contributed by atoms with E-state index >= 15 is 0 Å². The highest BCUT2D eigenvalue weighted by Gasteiger charge is 2.32. The molecule has 0 saturated carbocycles. The van der Waals surface area contributed by atoms with Gasteiger partial charge in [0.2, 0.25) is 5.91 Å². The number of carbonyl (C=O) groups is 2. The lowest BCUT2D eigenvalue weighted by atomic mass is 9.94. The third-order valence-electron chi connectivity index (χ3n) is 3.91. The van der Waals surface area contributed by atoms with Crippen molar-refractivity contribution in [3.05, 3.63) is 0 Å². The zero-order chi connectivity index (χ0) is 13.0. The van der Waals surface area contributed by atoms with Crippen LogP contribution in [0.1, 0.15) is 25.7 Å². The summed E-state index contributed by atoms with van der Waals surface area (Å²) in [4.78, 5) is 25.7. The number of likely N-dealkylation sites (tertiary alicyclic amines) is 1. The van der Waals surface area contributed by atoms with E-state index < -0.39 is 0 Å². The summed E-state index contributed by atoms with van der Waals surface area (Å²) in [6.07, 6.45) is 3.75. The lowest BCUT2D eigenvalue weighted by Gasteiger charge is -2.35. The van der Waals surface area contributed by atoms with Crippen LogP contribution in [0.2, 0.25) is 0 Å². The van der Waals surface area contributed by atoms with Crippen LogP contribution in [0.25, 0.3) is 0 Å². The van der Waals surface area contributed by atoms with Crippen molar-refractivity contribution in [3.63, 3.8) is 0 Å². The molecule has 0 spiro atoms. The maximum absolute atomic E-state index is 12.3. The number of piperidine rings is 2. The molecule has 2 rings (SSSR count). The molecule has 0 radical (unpaired) electrons. The highest BCUT2D eigenvalue weighted by atomic mass is 16.5. The van der Waals surface area contributed by atoms with E-state index in [4.69, 9.17) is 4.74 Å². The summed E-state index contributed by atoms with van der Waals surface area (Å²) in [6.45, 7) is 3.09. The van der Waals surface area contributed by atoms with E-state index in [2.05, 4.69) is 5.32 Å². The predicted octanol–water partition coefficient (Wildman–Crippen LogP) is 0.398. The molecule has 2 aliphatic heterocycles. The second kappa shape index (κ2) is 6.18. The smallest absolute Gasteiger partial charge is 0.310 e. The van der Waals surface area contributed by atoms with Gasteiger partial charge in [0.25, 0.3) is 0 Å². The Hall–Kier alpha value is -1.10. The number of hydrogen-bond acceptors (Lipinski definition) is 4. The van der Waals surface area contributed by atoms with Gasteiger partial charge in [-0.25, -0.2) is 0 Å². The highest BCUT2D eigenvalue weighted by Crippen LogP contribution is 2.21. The third kappa shape index (κ3) is 3.02. The minimum absolute atomic E-state index is 0.0927. The lowest BCUT2D eigenvalue weighted by Crippen LogP contribution is -2.48. The molecule has 18 heavy (non-hydrogen) atoms. The van der Waals surface area contributed by atoms with Gasteiger partial charge in [0.15, 0.2) is 0 Å². The second-order valence-electron chi connectivity index (χ2n) is 5.19. The molecule has 2 saturated heterocycles. The Kier molecular flexibility index (Phi) is 4.58. The Labute approximate surface area is 108 Å². The monoisotopic (exact) mass is 254 g/mol. The number of hydrogen-bond donors (Lipinski definition) is 1. The van der Waals surface area contributed by atoms with Crippen molar-refractivity contribution in [2.45, 2.75) is 25.7 Å². The average molecular weight is 254 g/mol. The van der Waals surface area contributed by atoms with E-state index in [0.717, 1.165) is 45.3 Å². The molecular formula is C13H22N2O3. The summed E-state index contributed by atoms with van der Waals surface area (Å²) in [7, 11) is 1.41. The molecule has 2 fully saturated rings.